The van der Waals surface area contributed by atoms with E-state index in [0.717, 1.165) is 18.4 Å². The Morgan fingerprint density at radius 2 is 1.52 bits per heavy atom. The second-order valence-electron chi connectivity index (χ2n) is 6.06. The normalized spacial score (nSPS) is 16.0. The number of carbonyl (C=O) groups excluding carboxylic acids is 2. The molecule has 0 radical (unpaired) electrons. The number of thiophene rings is 2. The fourth-order valence-electron chi connectivity index (χ4n) is 2.79. The molecule has 0 bridgehead atoms. The quantitative estimate of drug-likeness (QED) is 0.286. The highest BCUT2D eigenvalue weighted by atomic mass is 32.2. The Morgan fingerprint density at radius 1 is 1.00 bits per heavy atom. The lowest BCUT2D eigenvalue weighted by molar-refractivity contribution is -0.131. The van der Waals surface area contributed by atoms with Gasteiger partial charge >= 0.3 is 10.2 Å². The molecule has 2 aromatic heterocycles. The number of nitrogens with one attached hydrogen (secondary N) is 1. The first-order valence-electron chi connectivity index (χ1n) is 8.76. The molecule has 0 aliphatic carbocycles. The van der Waals surface area contributed by atoms with Crippen molar-refractivity contribution in [2.45, 2.75) is 12.8 Å². The Hall–Kier alpha value is -2.61. The fourth-order valence-corrected chi connectivity index (χ4v) is 5.69. The molecule has 1 aliphatic heterocycles. The highest BCUT2D eigenvalue weighted by Gasteiger charge is 2.46. The van der Waals surface area contributed by atoms with Crippen molar-refractivity contribution in [3.63, 3.8) is 0 Å². The molecule has 2 aromatic rings. The number of hydrogen-bond donors (Lipinski definition) is 1. The summed E-state index contributed by atoms with van der Waals surface area (Å²) in [6.07, 6.45) is 7.14. The van der Waals surface area contributed by atoms with Gasteiger partial charge in [0.25, 0.3) is 11.8 Å². The maximum atomic E-state index is 13.1. The van der Waals surface area contributed by atoms with Crippen LogP contribution in [0.4, 0.5) is 0 Å². The molecule has 2 amide bonds. The molecule has 0 saturated carbocycles. The van der Waals surface area contributed by atoms with Crippen molar-refractivity contribution in [2.75, 3.05) is 19.6 Å². The molecule has 0 spiro atoms. The van der Waals surface area contributed by atoms with Crippen LogP contribution >= 0.6 is 22.7 Å². The zero-order valence-electron chi connectivity index (χ0n) is 15.4. The molecule has 0 unspecified atom stereocenters. The van der Waals surface area contributed by atoms with Gasteiger partial charge in [0.2, 0.25) is 0 Å². The van der Waals surface area contributed by atoms with Gasteiger partial charge in [0.15, 0.2) is 0 Å². The molecular formula is C19H19N3O4S3. The third-order valence-corrected chi connectivity index (χ3v) is 7.89. The standard InChI is InChI=1S/C19H19N3O4S3/c1-2-9-20-14-17-18(23)21(10-7-15-5-3-12-27-15)29(25,26)22(19(17)24)11-8-16-6-4-13-28-16/h1,3-6,12-14,20H,7-11H2. The molecule has 3 heterocycles. The van der Waals surface area contributed by atoms with Crippen LogP contribution in [0.25, 0.3) is 0 Å². The lowest BCUT2D eigenvalue weighted by Gasteiger charge is -2.35. The van der Waals surface area contributed by atoms with E-state index in [0.29, 0.717) is 12.8 Å². The lowest BCUT2D eigenvalue weighted by atomic mass is 10.2. The van der Waals surface area contributed by atoms with Crippen LogP contribution in [0, 0.1) is 12.3 Å². The highest BCUT2D eigenvalue weighted by molar-refractivity contribution is 7.88. The van der Waals surface area contributed by atoms with Gasteiger partial charge in [-0.3, -0.25) is 9.59 Å². The van der Waals surface area contributed by atoms with Crippen molar-refractivity contribution < 1.29 is 18.0 Å². The summed E-state index contributed by atoms with van der Waals surface area (Å²) in [5.41, 5.74) is -0.243. The Bertz CT molecular complexity index is 969. The van der Waals surface area contributed by atoms with Crippen LogP contribution in [0.3, 0.4) is 0 Å². The second kappa shape index (κ2) is 9.26. The maximum absolute atomic E-state index is 13.1. The van der Waals surface area contributed by atoms with Crippen molar-refractivity contribution >= 4 is 44.7 Å². The Labute approximate surface area is 177 Å². The number of hydrogen-bond acceptors (Lipinski definition) is 7. The van der Waals surface area contributed by atoms with Gasteiger partial charge in [-0.1, -0.05) is 18.1 Å². The van der Waals surface area contributed by atoms with Crippen LogP contribution in [-0.2, 0) is 32.6 Å². The summed E-state index contributed by atoms with van der Waals surface area (Å²) in [5, 5.41) is 6.45. The summed E-state index contributed by atoms with van der Waals surface area (Å²) < 4.78 is 27.7. The predicted molar refractivity (Wildman–Crippen MR) is 113 cm³/mol. The first kappa shape index (κ1) is 21.1. The van der Waals surface area contributed by atoms with E-state index in [1.807, 2.05) is 35.0 Å². The van der Waals surface area contributed by atoms with E-state index in [4.69, 9.17) is 6.42 Å². The van der Waals surface area contributed by atoms with Gasteiger partial charge in [0.05, 0.1) is 6.54 Å². The van der Waals surface area contributed by atoms with Gasteiger partial charge in [-0.15, -0.1) is 29.1 Å². The fraction of sp³-hybridized carbons (Fsp3) is 0.263. The number of rotatable bonds is 8. The average molecular weight is 450 g/mol. The van der Waals surface area contributed by atoms with Crippen molar-refractivity contribution in [1.82, 2.24) is 13.9 Å². The molecule has 1 N–H and O–H groups in total. The second-order valence-corrected chi connectivity index (χ2v) is 9.91. The van der Waals surface area contributed by atoms with Crippen molar-refractivity contribution in [1.29, 1.82) is 0 Å². The molecule has 1 aliphatic rings. The van der Waals surface area contributed by atoms with Gasteiger partial charge in [0.1, 0.15) is 5.57 Å². The van der Waals surface area contributed by atoms with Crippen LogP contribution in [0.1, 0.15) is 9.75 Å². The van der Waals surface area contributed by atoms with E-state index in [9.17, 15) is 18.0 Å². The average Bonchev–Trinajstić information content (AvgIpc) is 3.38. The lowest BCUT2D eigenvalue weighted by Crippen LogP contribution is -2.57. The van der Waals surface area contributed by atoms with E-state index in [2.05, 4.69) is 11.2 Å². The van der Waals surface area contributed by atoms with E-state index in [1.165, 1.54) is 28.9 Å². The predicted octanol–water partition coefficient (Wildman–Crippen LogP) is 1.62. The Kier molecular flexibility index (Phi) is 6.74. The number of terminal acetylenes is 1. The van der Waals surface area contributed by atoms with Gasteiger partial charge in [-0.2, -0.15) is 8.42 Å². The zero-order valence-corrected chi connectivity index (χ0v) is 17.9. The molecule has 1 saturated heterocycles. The third kappa shape index (κ3) is 4.70. The number of carbonyl (C=O) groups is 2. The summed E-state index contributed by atoms with van der Waals surface area (Å²) in [7, 11) is -4.26. The monoisotopic (exact) mass is 449 g/mol. The molecular weight excluding hydrogens is 430 g/mol. The number of amides is 2. The van der Waals surface area contributed by atoms with Crippen LogP contribution in [-0.4, -0.2) is 48.5 Å². The summed E-state index contributed by atoms with van der Waals surface area (Å²) in [5.74, 6) is 0.654. The van der Waals surface area contributed by atoms with E-state index in [1.54, 1.807) is 0 Å². The zero-order chi connectivity index (χ0) is 20.9. The minimum absolute atomic E-state index is 0.0447. The summed E-state index contributed by atoms with van der Waals surface area (Å²) in [6, 6.07) is 7.46. The maximum Gasteiger partial charge on any atom is 0.331 e. The summed E-state index contributed by atoms with van der Waals surface area (Å²) in [6.45, 7) is 0.0229. The van der Waals surface area contributed by atoms with Crippen LogP contribution in [0.2, 0.25) is 0 Å². The minimum atomic E-state index is -4.26. The van der Waals surface area contributed by atoms with Crippen LogP contribution in [0.15, 0.2) is 46.8 Å². The third-order valence-electron chi connectivity index (χ3n) is 4.20. The number of nitrogens with zero attached hydrogens (tertiary/aromatic N) is 2. The topological polar surface area (TPSA) is 86.8 Å². The van der Waals surface area contributed by atoms with Crippen LogP contribution < -0.4 is 5.32 Å². The molecule has 0 aromatic carbocycles. The van der Waals surface area contributed by atoms with Crippen molar-refractivity contribution in [3.8, 4) is 12.3 Å². The SMILES string of the molecule is C#CCNC=C1C(=O)N(CCc2cccs2)S(=O)(=O)N(CCc2cccs2)C1=O. The first-order valence-corrected chi connectivity index (χ1v) is 11.9. The molecule has 3 rings (SSSR count). The first-order chi connectivity index (χ1) is 13.9. The molecule has 29 heavy (non-hydrogen) atoms. The van der Waals surface area contributed by atoms with Crippen molar-refractivity contribution in [2.24, 2.45) is 0 Å². The smallest absolute Gasteiger partial charge is 0.331 e. The van der Waals surface area contributed by atoms with Gasteiger partial charge < -0.3 is 5.32 Å². The summed E-state index contributed by atoms with van der Waals surface area (Å²) in [4.78, 5) is 27.6. The van der Waals surface area contributed by atoms with E-state index >= 15 is 0 Å². The van der Waals surface area contributed by atoms with Gasteiger partial charge in [-0.25, -0.2) is 8.61 Å². The van der Waals surface area contributed by atoms with Gasteiger partial charge in [-0.05, 0) is 22.9 Å². The van der Waals surface area contributed by atoms with Crippen LogP contribution in [0.5, 0.6) is 0 Å². The van der Waals surface area contributed by atoms with E-state index in [-0.39, 0.29) is 25.2 Å². The molecule has 152 valence electrons. The molecule has 10 heteroatoms. The largest absolute Gasteiger partial charge is 0.379 e. The van der Waals surface area contributed by atoms with E-state index < -0.39 is 22.0 Å². The Morgan fingerprint density at radius 3 is 1.93 bits per heavy atom. The highest BCUT2D eigenvalue weighted by Crippen LogP contribution is 2.24. The Balaban J connectivity index is 1.88. The summed E-state index contributed by atoms with van der Waals surface area (Å²) >= 11 is 2.96. The molecule has 0 atom stereocenters. The van der Waals surface area contributed by atoms with Gasteiger partial charge in [0, 0.05) is 41.9 Å². The van der Waals surface area contributed by atoms with Crippen molar-refractivity contribution in [3.05, 3.63) is 56.6 Å². The molecule has 7 nitrogen and oxygen atoms in total. The minimum Gasteiger partial charge on any atom is -0.379 e. The molecule has 1 fully saturated rings.